The molecule has 0 amide bonds. The molecule has 0 aliphatic heterocycles. The Kier molecular flexibility index (Phi) is 4.19. The number of aromatic amines is 1. The summed E-state index contributed by atoms with van der Waals surface area (Å²) in [6, 6.07) is 9.35. The van der Waals surface area contributed by atoms with E-state index in [1.54, 1.807) is 38.8 Å². The summed E-state index contributed by atoms with van der Waals surface area (Å²) >= 11 is 0. The molecule has 0 saturated carbocycles. The maximum Gasteiger partial charge on any atom is 0.274 e. The lowest BCUT2D eigenvalue weighted by Crippen LogP contribution is -2.18. The van der Waals surface area contributed by atoms with Gasteiger partial charge in [0.15, 0.2) is 5.75 Å². The number of H-pyrrole nitrogens is 1. The molecule has 0 aliphatic carbocycles. The number of aryl methyl sites for hydroxylation is 4. The predicted octanol–water partition coefficient (Wildman–Crippen LogP) is 3.64. The van der Waals surface area contributed by atoms with Gasteiger partial charge in [-0.1, -0.05) is 18.2 Å². The smallest absolute Gasteiger partial charge is 0.274 e. The Morgan fingerprint density at radius 1 is 0.929 bits per heavy atom. The van der Waals surface area contributed by atoms with Crippen molar-refractivity contribution in [3.05, 3.63) is 80.8 Å². The first kappa shape index (κ1) is 17.9. The summed E-state index contributed by atoms with van der Waals surface area (Å²) < 4.78 is 9.30. The standard InChI is InChI=1S/C22H21N3O3/c1-13-6-5-7-14(2)21(13)28-18-12-24(3)19(26)10-16(18)17-11-25(4)22(27)20-15(17)8-9-23-20/h5-12,23H,1-4H3. The first-order valence-electron chi connectivity index (χ1n) is 8.98. The van der Waals surface area contributed by atoms with Crippen LogP contribution in [0.15, 0.2) is 58.5 Å². The van der Waals surface area contributed by atoms with Gasteiger partial charge in [-0.05, 0) is 31.0 Å². The number of ether oxygens (including phenoxy) is 1. The molecular formula is C22H21N3O3. The molecule has 3 aromatic heterocycles. The Hall–Kier alpha value is -3.54. The highest BCUT2D eigenvalue weighted by atomic mass is 16.5. The van der Waals surface area contributed by atoms with Gasteiger partial charge in [0.1, 0.15) is 11.3 Å². The second-order valence-electron chi connectivity index (χ2n) is 7.05. The molecule has 1 aromatic carbocycles. The number of hydrogen-bond acceptors (Lipinski definition) is 3. The van der Waals surface area contributed by atoms with E-state index in [2.05, 4.69) is 4.98 Å². The van der Waals surface area contributed by atoms with Crippen LogP contribution in [0.1, 0.15) is 11.1 Å². The largest absolute Gasteiger partial charge is 0.455 e. The highest BCUT2D eigenvalue weighted by molar-refractivity contribution is 5.95. The van der Waals surface area contributed by atoms with Crippen LogP contribution in [0.5, 0.6) is 11.5 Å². The molecule has 0 saturated heterocycles. The third-order valence-corrected chi connectivity index (χ3v) is 5.00. The maximum atomic E-state index is 12.4. The Bertz CT molecular complexity index is 1310. The number of hydrogen-bond donors (Lipinski definition) is 1. The van der Waals surface area contributed by atoms with Gasteiger partial charge in [-0.15, -0.1) is 0 Å². The van der Waals surface area contributed by atoms with Gasteiger partial charge in [0, 0.05) is 49.1 Å². The number of nitrogens with zero attached hydrogens (tertiary/aromatic N) is 2. The van der Waals surface area contributed by atoms with Crippen molar-refractivity contribution >= 4 is 10.9 Å². The maximum absolute atomic E-state index is 12.4. The minimum absolute atomic E-state index is 0.121. The first-order chi connectivity index (χ1) is 13.4. The van der Waals surface area contributed by atoms with E-state index in [4.69, 9.17) is 4.74 Å². The SMILES string of the molecule is Cc1cccc(C)c1Oc1cn(C)c(=O)cc1-c1cn(C)c(=O)c2[nH]ccc12. The van der Waals surface area contributed by atoms with E-state index >= 15 is 0 Å². The molecule has 6 nitrogen and oxygen atoms in total. The molecule has 4 rings (SSSR count). The highest BCUT2D eigenvalue weighted by Crippen LogP contribution is 2.37. The van der Waals surface area contributed by atoms with E-state index in [0.29, 0.717) is 16.8 Å². The number of pyridine rings is 2. The van der Waals surface area contributed by atoms with Crippen molar-refractivity contribution in [2.75, 3.05) is 0 Å². The molecule has 28 heavy (non-hydrogen) atoms. The first-order valence-corrected chi connectivity index (χ1v) is 8.98. The van der Waals surface area contributed by atoms with E-state index in [9.17, 15) is 9.59 Å². The molecular weight excluding hydrogens is 354 g/mol. The van der Waals surface area contributed by atoms with Crippen molar-refractivity contribution in [3.63, 3.8) is 0 Å². The molecule has 1 N–H and O–H groups in total. The van der Waals surface area contributed by atoms with E-state index < -0.39 is 0 Å². The van der Waals surface area contributed by atoms with Crippen molar-refractivity contribution < 1.29 is 4.74 Å². The fourth-order valence-electron chi connectivity index (χ4n) is 3.45. The van der Waals surface area contributed by atoms with Gasteiger partial charge in [0.05, 0.1) is 6.20 Å². The Morgan fingerprint density at radius 2 is 1.64 bits per heavy atom. The van der Waals surface area contributed by atoms with Crippen LogP contribution in [-0.4, -0.2) is 14.1 Å². The quantitative estimate of drug-likeness (QED) is 0.594. The normalized spacial score (nSPS) is 11.1. The molecule has 0 radical (unpaired) electrons. The summed E-state index contributed by atoms with van der Waals surface area (Å²) in [5.41, 5.74) is 3.65. The molecule has 0 spiro atoms. The van der Waals surface area contributed by atoms with E-state index in [-0.39, 0.29) is 11.1 Å². The van der Waals surface area contributed by atoms with E-state index in [1.165, 1.54) is 9.13 Å². The number of rotatable bonds is 3. The molecule has 0 fully saturated rings. The number of benzene rings is 1. The third-order valence-electron chi connectivity index (χ3n) is 5.00. The number of para-hydroxylation sites is 1. The molecule has 0 unspecified atom stereocenters. The third kappa shape index (κ3) is 2.83. The zero-order valence-corrected chi connectivity index (χ0v) is 16.2. The summed E-state index contributed by atoms with van der Waals surface area (Å²) in [7, 11) is 3.38. The van der Waals surface area contributed by atoms with E-state index in [1.807, 2.05) is 38.1 Å². The van der Waals surface area contributed by atoms with Crippen molar-refractivity contribution in [1.29, 1.82) is 0 Å². The van der Waals surface area contributed by atoms with Crippen LogP contribution in [0.25, 0.3) is 22.0 Å². The lowest BCUT2D eigenvalue weighted by Gasteiger charge is -2.17. The minimum Gasteiger partial charge on any atom is -0.455 e. The fraction of sp³-hybridized carbons (Fsp3) is 0.182. The molecule has 4 aromatic rings. The number of fused-ring (bicyclic) bond motifs is 1. The van der Waals surface area contributed by atoms with Gasteiger partial charge in [0.2, 0.25) is 0 Å². The van der Waals surface area contributed by atoms with E-state index in [0.717, 1.165) is 27.8 Å². The van der Waals surface area contributed by atoms with Crippen molar-refractivity contribution in [2.45, 2.75) is 13.8 Å². The average Bonchev–Trinajstić information content (AvgIpc) is 3.14. The van der Waals surface area contributed by atoms with Gasteiger partial charge in [-0.2, -0.15) is 0 Å². The van der Waals surface area contributed by atoms with Crippen molar-refractivity contribution in [1.82, 2.24) is 14.1 Å². The molecule has 3 heterocycles. The van der Waals surface area contributed by atoms with Crippen LogP contribution >= 0.6 is 0 Å². The summed E-state index contributed by atoms with van der Waals surface area (Å²) in [5, 5.41) is 0.753. The number of aromatic nitrogens is 3. The van der Waals surface area contributed by atoms with Gasteiger partial charge >= 0.3 is 0 Å². The monoisotopic (exact) mass is 375 g/mol. The molecule has 0 bridgehead atoms. The van der Waals surface area contributed by atoms with Gasteiger partial charge in [-0.3, -0.25) is 9.59 Å². The lowest BCUT2D eigenvalue weighted by molar-refractivity contribution is 0.470. The Balaban J connectivity index is 2.00. The van der Waals surface area contributed by atoms with Crippen LogP contribution in [0.4, 0.5) is 0 Å². The second kappa shape index (κ2) is 6.56. The van der Waals surface area contributed by atoms with Crippen LogP contribution < -0.4 is 15.9 Å². The van der Waals surface area contributed by atoms with Gasteiger partial charge < -0.3 is 18.9 Å². The fourth-order valence-corrected chi connectivity index (χ4v) is 3.45. The summed E-state index contributed by atoms with van der Waals surface area (Å²) in [4.78, 5) is 27.8. The Labute approximate surface area is 161 Å². The predicted molar refractivity (Wildman–Crippen MR) is 110 cm³/mol. The second-order valence-corrected chi connectivity index (χ2v) is 7.05. The lowest BCUT2D eigenvalue weighted by atomic mass is 10.0. The Morgan fingerprint density at radius 3 is 2.36 bits per heavy atom. The average molecular weight is 375 g/mol. The molecule has 0 aliphatic rings. The highest BCUT2D eigenvalue weighted by Gasteiger charge is 2.17. The topological polar surface area (TPSA) is 69.0 Å². The summed E-state index contributed by atoms with van der Waals surface area (Å²) in [5.74, 6) is 1.32. The molecule has 142 valence electrons. The van der Waals surface area contributed by atoms with Crippen LogP contribution in [0, 0.1) is 13.8 Å². The zero-order chi connectivity index (χ0) is 20.0. The zero-order valence-electron chi connectivity index (χ0n) is 16.2. The number of nitrogens with one attached hydrogen (secondary N) is 1. The van der Waals surface area contributed by atoms with Crippen LogP contribution in [0.3, 0.4) is 0 Å². The van der Waals surface area contributed by atoms with Gasteiger partial charge in [0.25, 0.3) is 11.1 Å². The van der Waals surface area contributed by atoms with Gasteiger partial charge in [-0.25, -0.2) is 0 Å². The van der Waals surface area contributed by atoms with Crippen LogP contribution in [0.2, 0.25) is 0 Å². The van der Waals surface area contributed by atoms with Crippen molar-refractivity contribution in [3.8, 4) is 22.6 Å². The summed E-state index contributed by atoms with van der Waals surface area (Å²) in [6.45, 7) is 3.97. The summed E-state index contributed by atoms with van der Waals surface area (Å²) in [6.07, 6.45) is 5.15. The van der Waals surface area contributed by atoms with Crippen LogP contribution in [-0.2, 0) is 14.1 Å². The molecule has 0 atom stereocenters. The minimum atomic E-state index is -0.151. The molecule has 6 heteroatoms. The van der Waals surface area contributed by atoms with Crippen molar-refractivity contribution in [2.24, 2.45) is 14.1 Å².